The molecule has 2 bridgehead atoms. The number of esters is 4. The number of Topliss-reactive ketones (excluding diaryl/α,β-unsaturated/α-hetero) is 1. The quantitative estimate of drug-likeness (QED) is 0.0790. The summed E-state index contributed by atoms with van der Waals surface area (Å²) in [6.07, 6.45) is -9.79. The molecule has 3 aliphatic carbocycles. The fourth-order valence-electron chi connectivity index (χ4n) is 10.2. The molecule has 11 atom stereocenters. The zero-order chi connectivity index (χ0) is 48.6. The Hall–Kier alpha value is -6.34. The average Bonchev–Trinajstić information content (AvgIpc) is 3.83. The van der Waals surface area contributed by atoms with Gasteiger partial charge < -0.3 is 58.2 Å². The summed E-state index contributed by atoms with van der Waals surface area (Å²) in [5.74, 6) is -6.34. The largest absolute Gasteiger partial charge is 0.482 e. The smallest absolute Gasteiger partial charge is 0.412 e. The van der Waals surface area contributed by atoms with E-state index in [0.29, 0.717) is 11.3 Å². The van der Waals surface area contributed by atoms with Gasteiger partial charge >= 0.3 is 30.0 Å². The number of hydrogen-bond donors (Lipinski definition) is 4. The van der Waals surface area contributed by atoms with Crippen LogP contribution in [0.4, 0.5) is 4.79 Å². The van der Waals surface area contributed by atoms with Crippen LogP contribution in [0.2, 0.25) is 0 Å². The van der Waals surface area contributed by atoms with Crippen LogP contribution in [0.15, 0.2) is 106 Å². The van der Waals surface area contributed by atoms with Crippen LogP contribution in [0.25, 0.3) is 0 Å². The fourth-order valence-corrected chi connectivity index (χ4v) is 10.2. The Labute approximate surface area is 386 Å². The molecule has 1 amide bonds. The monoisotopic (exact) mass is 929 g/mol. The number of amides is 1. The molecule has 0 radical (unpaired) electrons. The Morgan fingerprint density at radius 2 is 1.60 bits per heavy atom. The van der Waals surface area contributed by atoms with Gasteiger partial charge in [0.25, 0.3) is 0 Å². The molecule has 1 aliphatic heterocycles. The number of aliphatic hydroxyl groups is 3. The van der Waals surface area contributed by atoms with E-state index in [0.717, 1.165) is 13.2 Å². The van der Waals surface area contributed by atoms with Crippen LogP contribution >= 0.6 is 0 Å². The Kier molecular flexibility index (Phi) is 13.6. The predicted molar refractivity (Wildman–Crippen MR) is 231 cm³/mol. The molecule has 18 nitrogen and oxygen atoms in total. The minimum absolute atomic E-state index is 0.0345. The van der Waals surface area contributed by atoms with Gasteiger partial charge in [-0.2, -0.15) is 0 Å². The Bertz CT molecular complexity index is 2430. The number of carbonyl (C=O) groups excluding carboxylic acids is 6. The number of rotatable bonds is 13. The number of ketones is 1. The Morgan fingerprint density at radius 1 is 0.925 bits per heavy atom. The molecule has 1 aromatic heterocycles. The number of benzene rings is 2. The number of aliphatic hydroxyl groups excluding tert-OH is 2. The Morgan fingerprint density at radius 3 is 2.19 bits per heavy atom. The van der Waals surface area contributed by atoms with E-state index in [1.807, 2.05) is 0 Å². The molecule has 18 heteroatoms. The first-order valence-corrected chi connectivity index (χ1v) is 21.8. The van der Waals surface area contributed by atoms with Crippen LogP contribution in [-0.2, 0) is 47.6 Å². The SMILES string of the molecule is CC(=O)O[C@@]12CO[C@@H]1C[C@H](OC(=O)COc1ccccc1)[C@@]1(C)C(=O)[C@H](O)C3=C(C)[C@@H](OC(=O)[C@H](O)[C@@H](NC(=O)OC=C(C)C)c4ccco4)C[C@@](O)(C(OC(=O)c4ccccc4)C12)C3(C)C. The zero-order valence-electron chi connectivity index (χ0n) is 38.1. The first kappa shape index (κ1) is 48.6. The summed E-state index contributed by atoms with van der Waals surface area (Å²) >= 11 is 0. The lowest BCUT2D eigenvalue weighted by atomic mass is 9.44. The van der Waals surface area contributed by atoms with Crippen LogP contribution in [-0.4, -0.2) is 112 Å². The third kappa shape index (κ3) is 8.86. The molecule has 2 saturated carbocycles. The van der Waals surface area contributed by atoms with E-state index in [1.54, 1.807) is 62.4 Å². The lowest BCUT2D eigenvalue weighted by Crippen LogP contribution is -2.82. The summed E-state index contributed by atoms with van der Waals surface area (Å²) in [6.45, 7) is 9.43. The molecule has 2 aromatic carbocycles. The van der Waals surface area contributed by atoms with Crippen molar-refractivity contribution in [2.45, 2.75) is 115 Å². The molecule has 67 heavy (non-hydrogen) atoms. The van der Waals surface area contributed by atoms with Crippen LogP contribution in [0.1, 0.15) is 83.5 Å². The van der Waals surface area contributed by atoms with Crippen LogP contribution in [0, 0.1) is 16.7 Å². The second kappa shape index (κ2) is 18.7. The van der Waals surface area contributed by atoms with Crippen molar-refractivity contribution in [2.24, 2.45) is 16.7 Å². The highest BCUT2D eigenvalue weighted by Crippen LogP contribution is 2.64. The molecule has 4 N–H and O–H groups in total. The minimum atomic E-state index is -2.46. The molecule has 358 valence electrons. The van der Waals surface area contributed by atoms with E-state index in [2.05, 4.69) is 5.32 Å². The number of para-hydroxylation sites is 1. The Balaban J connectivity index is 1.35. The average molecular weight is 930 g/mol. The molecule has 0 spiro atoms. The molecule has 1 saturated heterocycles. The van der Waals surface area contributed by atoms with Crippen LogP contribution in [0.5, 0.6) is 5.75 Å². The third-order valence-electron chi connectivity index (χ3n) is 13.6. The van der Waals surface area contributed by atoms with E-state index in [1.165, 1.54) is 58.2 Å². The van der Waals surface area contributed by atoms with Crippen molar-refractivity contribution in [3.05, 3.63) is 113 Å². The van der Waals surface area contributed by atoms with E-state index in [4.69, 9.17) is 37.6 Å². The molecule has 2 unspecified atom stereocenters. The highest BCUT2D eigenvalue weighted by atomic mass is 16.6. The number of ether oxygens (including phenoxy) is 7. The molecule has 7 rings (SSSR count). The summed E-state index contributed by atoms with van der Waals surface area (Å²) in [4.78, 5) is 83.9. The van der Waals surface area contributed by atoms with E-state index in [-0.39, 0.29) is 35.5 Å². The van der Waals surface area contributed by atoms with Gasteiger partial charge in [-0.3, -0.25) is 9.59 Å². The molecular formula is C49H55NO17. The summed E-state index contributed by atoms with van der Waals surface area (Å²) < 4.78 is 46.8. The van der Waals surface area contributed by atoms with Gasteiger partial charge in [-0.1, -0.05) is 50.2 Å². The van der Waals surface area contributed by atoms with Crippen molar-refractivity contribution in [1.82, 2.24) is 5.32 Å². The van der Waals surface area contributed by atoms with Gasteiger partial charge in [0, 0.05) is 25.2 Å². The summed E-state index contributed by atoms with van der Waals surface area (Å²) in [5.41, 5.74) is -7.52. The number of carbonyl (C=O) groups is 6. The van der Waals surface area contributed by atoms with Crippen LogP contribution < -0.4 is 10.1 Å². The maximum atomic E-state index is 15.6. The maximum absolute atomic E-state index is 15.6. The maximum Gasteiger partial charge on any atom is 0.412 e. The van der Waals surface area contributed by atoms with Gasteiger partial charge in [0.1, 0.15) is 53.7 Å². The first-order chi connectivity index (χ1) is 31.6. The topological polar surface area (TPSA) is 253 Å². The van der Waals surface area contributed by atoms with E-state index < -0.39 is 119 Å². The highest BCUT2D eigenvalue weighted by molar-refractivity contribution is 5.94. The fraction of sp³-hybridized carbons (Fsp3) is 0.469. The number of fused-ring (bicyclic) bond motifs is 5. The highest BCUT2D eigenvalue weighted by Gasteiger charge is 2.78. The molecular weight excluding hydrogens is 875 g/mol. The van der Waals surface area contributed by atoms with Gasteiger partial charge in [0.05, 0.1) is 36.0 Å². The lowest BCUT2D eigenvalue weighted by molar-refractivity contribution is -0.346. The lowest BCUT2D eigenvalue weighted by Gasteiger charge is -2.67. The number of hydrogen-bond acceptors (Lipinski definition) is 17. The van der Waals surface area contributed by atoms with Gasteiger partial charge in [0.15, 0.2) is 24.1 Å². The van der Waals surface area contributed by atoms with Gasteiger partial charge in [-0.15, -0.1) is 0 Å². The number of furan rings is 1. The van der Waals surface area contributed by atoms with Crippen molar-refractivity contribution >= 4 is 35.8 Å². The number of nitrogens with one attached hydrogen (secondary N) is 1. The standard InChI is InChI=1S/C49H55NO17/c1-26(2)23-62-45(58)50-37(31-19-14-20-60-31)39(54)44(57)64-32-22-49(59)42(66-43(56)29-15-10-8-11-16-29)40-47(7,41(55)38(53)36(27(32)3)46(49,5)6)33(21-34-48(40,25-63-34)67-28(4)51)65-35(52)24-61-30-17-12-9-13-18-30/h8-20,23,32-34,37-40,42,53-54,59H,21-22,24-25H2,1-7H3,(H,50,58)/t32-,33-,34+,37-,38+,39+,40?,42?,47+,48-,49+/m0/s1. The summed E-state index contributed by atoms with van der Waals surface area (Å²) in [6, 6.07) is 17.5. The van der Waals surface area contributed by atoms with Crippen molar-refractivity contribution in [3.8, 4) is 5.75 Å². The summed E-state index contributed by atoms with van der Waals surface area (Å²) in [7, 11) is 0. The zero-order valence-corrected chi connectivity index (χ0v) is 38.1. The number of alkyl carbamates (subject to hydrolysis) is 1. The van der Waals surface area contributed by atoms with Crippen LogP contribution in [0.3, 0.4) is 0 Å². The van der Waals surface area contributed by atoms with E-state index in [9.17, 15) is 39.3 Å². The first-order valence-electron chi connectivity index (χ1n) is 21.8. The van der Waals surface area contributed by atoms with Crippen molar-refractivity contribution < 1.29 is 81.7 Å². The summed E-state index contributed by atoms with van der Waals surface area (Å²) in [5, 5.41) is 40.2. The third-order valence-corrected chi connectivity index (χ3v) is 13.6. The van der Waals surface area contributed by atoms with Crippen molar-refractivity contribution in [1.29, 1.82) is 0 Å². The van der Waals surface area contributed by atoms with E-state index >= 15 is 4.79 Å². The van der Waals surface area contributed by atoms with Gasteiger partial charge in [-0.25, -0.2) is 19.2 Å². The van der Waals surface area contributed by atoms with Gasteiger partial charge in [-0.05, 0) is 80.8 Å². The van der Waals surface area contributed by atoms with Gasteiger partial charge in [0.2, 0.25) is 0 Å². The minimum Gasteiger partial charge on any atom is -0.482 e. The molecule has 2 heterocycles. The molecule has 4 aliphatic rings. The molecule has 3 aromatic rings. The molecule has 3 fully saturated rings. The second-order valence-corrected chi connectivity index (χ2v) is 18.3. The number of allylic oxidation sites excluding steroid dienone is 1. The predicted octanol–water partition coefficient (Wildman–Crippen LogP) is 4.61. The van der Waals surface area contributed by atoms with Crippen molar-refractivity contribution in [2.75, 3.05) is 13.2 Å². The second-order valence-electron chi connectivity index (χ2n) is 18.3. The normalized spacial score (nSPS) is 30.2. The van der Waals surface area contributed by atoms with Crippen molar-refractivity contribution in [3.63, 3.8) is 0 Å².